The predicted molar refractivity (Wildman–Crippen MR) is 151 cm³/mol. The molecule has 2 heterocycles. The molecule has 0 spiro atoms. The fourth-order valence-corrected chi connectivity index (χ4v) is 5.50. The van der Waals surface area contributed by atoms with Gasteiger partial charge in [-0.05, 0) is 47.5 Å². The molecule has 0 bridgehead atoms. The maximum absolute atomic E-state index is 12.7. The molecule has 0 aliphatic carbocycles. The van der Waals surface area contributed by atoms with Gasteiger partial charge in [0.25, 0.3) is 5.91 Å². The molecule has 1 aromatic heterocycles. The van der Waals surface area contributed by atoms with Gasteiger partial charge in [0.2, 0.25) is 0 Å². The van der Waals surface area contributed by atoms with Crippen molar-refractivity contribution in [3.8, 4) is 0 Å². The predicted octanol–water partition coefficient (Wildman–Crippen LogP) is 5.86. The van der Waals surface area contributed by atoms with Crippen LogP contribution in [0.5, 0.6) is 0 Å². The number of carbonyl (C=O) groups is 2. The summed E-state index contributed by atoms with van der Waals surface area (Å²) in [6, 6.07) is 25.2. The first-order chi connectivity index (χ1) is 19.5. The molecule has 1 fully saturated rings. The molecule has 1 aliphatic heterocycles. The van der Waals surface area contributed by atoms with E-state index in [0.717, 1.165) is 16.7 Å². The van der Waals surface area contributed by atoms with Crippen LogP contribution >= 0.6 is 11.8 Å². The fourth-order valence-electron chi connectivity index (χ4n) is 4.44. The number of ether oxygens (including phenoxy) is 2. The smallest absolute Gasteiger partial charge is 0.336 e. The highest BCUT2D eigenvalue weighted by atomic mass is 32.2. The molecule has 40 heavy (non-hydrogen) atoms. The number of hydrogen-bond donors (Lipinski definition) is 3. The van der Waals surface area contributed by atoms with E-state index in [1.807, 2.05) is 48.5 Å². The van der Waals surface area contributed by atoms with Crippen molar-refractivity contribution < 1.29 is 29.3 Å². The van der Waals surface area contributed by atoms with E-state index in [1.54, 1.807) is 42.6 Å². The number of anilines is 1. The molecule has 3 atom stereocenters. The van der Waals surface area contributed by atoms with Crippen LogP contribution in [-0.2, 0) is 16.1 Å². The van der Waals surface area contributed by atoms with Crippen LogP contribution in [0.15, 0.2) is 102 Å². The number of carbonyl (C=O) groups excluding carboxylic acids is 1. The zero-order chi connectivity index (χ0) is 27.9. The second-order valence-corrected chi connectivity index (χ2v) is 10.3. The van der Waals surface area contributed by atoms with E-state index < -0.39 is 12.3 Å². The third-order valence-corrected chi connectivity index (χ3v) is 7.70. The van der Waals surface area contributed by atoms with Crippen LogP contribution in [0.2, 0.25) is 0 Å². The average Bonchev–Trinajstić information content (AvgIpc) is 3.00. The Labute approximate surface area is 236 Å². The molecule has 204 valence electrons. The quantitative estimate of drug-likeness (QED) is 0.219. The number of benzene rings is 3. The molecule has 0 unspecified atom stereocenters. The number of thioether (sulfide) groups is 1. The van der Waals surface area contributed by atoms with Gasteiger partial charge in [0.05, 0.1) is 29.9 Å². The van der Waals surface area contributed by atoms with Crippen LogP contribution in [-0.4, -0.2) is 38.9 Å². The van der Waals surface area contributed by atoms with Gasteiger partial charge in [0.15, 0.2) is 6.29 Å². The van der Waals surface area contributed by atoms with Crippen molar-refractivity contribution in [2.45, 2.75) is 36.4 Å². The number of aliphatic hydroxyl groups is 1. The molecule has 4 aromatic rings. The Morgan fingerprint density at radius 2 is 1.77 bits per heavy atom. The van der Waals surface area contributed by atoms with Crippen molar-refractivity contribution in [2.24, 2.45) is 0 Å². The van der Waals surface area contributed by atoms with Gasteiger partial charge in [-0.15, -0.1) is 11.8 Å². The maximum atomic E-state index is 12.7. The number of nitrogens with zero attached hydrogens (tertiary/aromatic N) is 1. The summed E-state index contributed by atoms with van der Waals surface area (Å²) in [5.74, 6) is -0.725. The number of aliphatic hydroxyl groups excluding tert-OH is 1. The summed E-state index contributed by atoms with van der Waals surface area (Å²) in [4.78, 5) is 29.0. The van der Waals surface area contributed by atoms with E-state index in [-0.39, 0.29) is 30.3 Å². The van der Waals surface area contributed by atoms with Crippen LogP contribution < -0.4 is 5.32 Å². The lowest BCUT2D eigenvalue weighted by Gasteiger charge is -2.36. The van der Waals surface area contributed by atoms with Crippen molar-refractivity contribution in [1.29, 1.82) is 0 Å². The fraction of sp³-hybridized carbons (Fsp3) is 0.194. The maximum Gasteiger partial charge on any atom is 0.336 e. The van der Waals surface area contributed by atoms with Crippen LogP contribution in [0.1, 0.15) is 56.2 Å². The zero-order valence-corrected chi connectivity index (χ0v) is 22.3. The summed E-state index contributed by atoms with van der Waals surface area (Å²) in [5.41, 5.74) is 3.79. The minimum atomic E-state index is -0.971. The Balaban J connectivity index is 1.37. The van der Waals surface area contributed by atoms with Crippen LogP contribution in [0.25, 0.3) is 0 Å². The van der Waals surface area contributed by atoms with Crippen LogP contribution in [0.3, 0.4) is 0 Å². The van der Waals surface area contributed by atoms with Gasteiger partial charge >= 0.3 is 5.97 Å². The molecular weight excluding hydrogens is 528 g/mol. The normalized spacial score (nSPS) is 18.7. The number of aromatic carboxylic acids is 1. The Bertz CT molecular complexity index is 1460. The zero-order valence-electron chi connectivity index (χ0n) is 21.5. The molecule has 0 saturated carbocycles. The van der Waals surface area contributed by atoms with Gasteiger partial charge in [-0.2, -0.15) is 0 Å². The Kier molecular flexibility index (Phi) is 8.87. The highest BCUT2D eigenvalue weighted by molar-refractivity contribution is 7.99. The number of rotatable bonds is 9. The van der Waals surface area contributed by atoms with Gasteiger partial charge in [-0.3, -0.25) is 9.78 Å². The standard InChI is InChI=1S/C31H28N2O6S/c34-18-20-10-12-21(13-11-20)27-16-25(19-40-28-9-2-1-8-26(28)30(36)37)38-31(39-27)22-5-3-7-24(15-22)33-29(35)23-6-4-14-32-17-23/h1-15,17,25,27,31,34H,16,18-19H2,(H,33,35)(H,36,37)/t25-,27+,31+/m1/s1. The van der Waals surface area contributed by atoms with Crippen molar-refractivity contribution in [3.63, 3.8) is 0 Å². The van der Waals surface area contributed by atoms with Crippen molar-refractivity contribution in [3.05, 3.63) is 125 Å². The first-order valence-electron chi connectivity index (χ1n) is 12.8. The number of carboxylic acids is 1. The first kappa shape index (κ1) is 27.5. The number of amides is 1. The SMILES string of the molecule is O=C(Nc1cccc([C@H]2O[C@@H](CSc3ccccc3C(=O)O)C[C@@H](c3ccc(CO)cc3)O2)c1)c1cccnc1. The van der Waals surface area contributed by atoms with E-state index in [4.69, 9.17) is 9.47 Å². The third-order valence-electron chi connectivity index (χ3n) is 6.50. The summed E-state index contributed by atoms with van der Waals surface area (Å²) in [5, 5.41) is 21.9. The number of nitrogens with one attached hydrogen (secondary N) is 1. The number of pyridine rings is 1. The minimum Gasteiger partial charge on any atom is -0.478 e. The van der Waals surface area contributed by atoms with Gasteiger partial charge in [-0.25, -0.2) is 4.79 Å². The lowest BCUT2D eigenvalue weighted by Crippen LogP contribution is -2.31. The van der Waals surface area contributed by atoms with Crippen molar-refractivity contribution >= 4 is 29.3 Å². The Morgan fingerprint density at radius 1 is 0.950 bits per heavy atom. The molecule has 1 aliphatic rings. The van der Waals surface area contributed by atoms with E-state index in [2.05, 4.69) is 10.3 Å². The Morgan fingerprint density at radius 3 is 2.52 bits per heavy atom. The second-order valence-electron chi connectivity index (χ2n) is 9.28. The summed E-state index contributed by atoms with van der Waals surface area (Å²) in [6.07, 6.45) is 2.42. The van der Waals surface area contributed by atoms with Gasteiger partial charge in [0, 0.05) is 40.7 Å². The molecular formula is C31H28N2O6S. The van der Waals surface area contributed by atoms with E-state index in [1.165, 1.54) is 18.0 Å². The Hall–Kier alpha value is -4.02. The summed E-state index contributed by atoms with van der Waals surface area (Å²) in [6.45, 7) is -0.0443. The molecule has 8 nitrogen and oxygen atoms in total. The molecule has 5 rings (SSSR count). The summed E-state index contributed by atoms with van der Waals surface area (Å²) < 4.78 is 12.8. The molecule has 3 N–H and O–H groups in total. The van der Waals surface area contributed by atoms with Crippen LogP contribution in [0, 0.1) is 0 Å². The monoisotopic (exact) mass is 556 g/mol. The third kappa shape index (κ3) is 6.75. The molecule has 1 amide bonds. The van der Waals surface area contributed by atoms with Crippen molar-refractivity contribution in [1.82, 2.24) is 4.98 Å². The second kappa shape index (κ2) is 12.9. The summed E-state index contributed by atoms with van der Waals surface area (Å²) >= 11 is 1.43. The minimum absolute atomic E-state index is 0.0443. The number of hydrogen-bond acceptors (Lipinski definition) is 7. The molecule has 3 aromatic carbocycles. The number of carboxylic acid groups (broad SMARTS) is 1. The molecule has 0 radical (unpaired) electrons. The van der Waals surface area contributed by atoms with Gasteiger partial charge < -0.3 is 25.0 Å². The van der Waals surface area contributed by atoms with Crippen molar-refractivity contribution in [2.75, 3.05) is 11.1 Å². The van der Waals surface area contributed by atoms with Gasteiger partial charge in [0.1, 0.15) is 0 Å². The largest absolute Gasteiger partial charge is 0.478 e. The summed E-state index contributed by atoms with van der Waals surface area (Å²) in [7, 11) is 0. The van der Waals surface area contributed by atoms with E-state index >= 15 is 0 Å². The average molecular weight is 557 g/mol. The van der Waals surface area contributed by atoms with E-state index in [0.29, 0.717) is 28.3 Å². The highest BCUT2D eigenvalue weighted by Gasteiger charge is 2.32. The first-order valence-corrected chi connectivity index (χ1v) is 13.8. The lowest BCUT2D eigenvalue weighted by molar-refractivity contribution is -0.245. The van der Waals surface area contributed by atoms with Gasteiger partial charge in [-0.1, -0.05) is 48.5 Å². The molecule has 1 saturated heterocycles. The van der Waals surface area contributed by atoms with Crippen LogP contribution in [0.4, 0.5) is 5.69 Å². The number of aromatic nitrogens is 1. The van der Waals surface area contributed by atoms with E-state index in [9.17, 15) is 19.8 Å². The highest BCUT2D eigenvalue weighted by Crippen LogP contribution is 2.40. The lowest BCUT2D eigenvalue weighted by atomic mass is 10.0. The topological polar surface area (TPSA) is 118 Å². The molecule has 9 heteroatoms.